The molecule has 0 amide bonds. The molecule has 2 N–H and O–H groups in total. The van der Waals surface area contributed by atoms with Crippen LogP contribution in [-0.2, 0) is 0 Å². The quantitative estimate of drug-likeness (QED) is 0.806. The van der Waals surface area contributed by atoms with Crippen molar-refractivity contribution >= 4 is 23.0 Å². The molecular weight excluding hydrogens is 254 g/mol. The summed E-state index contributed by atoms with van der Waals surface area (Å²) in [4.78, 5) is 0. The van der Waals surface area contributed by atoms with Crippen molar-refractivity contribution in [3.8, 4) is 0 Å². The van der Waals surface area contributed by atoms with Gasteiger partial charge in [-0.25, -0.2) is 5.43 Å². The van der Waals surface area contributed by atoms with Crippen LogP contribution in [0.4, 0.5) is 5.69 Å². The number of para-hydroxylation sites is 1. The van der Waals surface area contributed by atoms with E-state index in [1.165, 1.54) is 6.42 Å². The minimum atomic E-state index is -0.100. The van der Waals surface area contributed by atoms with E-state index < -0.39 is 0 Å². The van der Waals surface area contributed by atoms with E-state index in [-0.39, 0.29) is 5.66 Å². The predicted octanol–water partition coefficient (Wildman–Crippen LogP) is 3.43. The third kappa shape index (κ3) is 3.25. The van der Waals surface area contributed by atoms with Crippen molar-refractivity contribution in [1.82, 2.24) is 10.7 Å². The van der Waals surface area contributed by atoms with Gasteiger partial charge in [0, 0.05) is 0 Å². The molecule has 0 saturated carbocycles. The molecule has 2 rings (SSSR count). The number of thiocarbonyl (C=S) groups is 1. The van der Waals surface area contributed by atoms with Crippen LogP contribution >= 0.6 is 12.2 Å². The van der Waals surface area contributed by atoms with Gasteiger partial charge in [0.05, 0.1) is 5.69 Å². The molecule has 0 spiro atoms. The largest absolute Gasteiger partial charge is 0.342 e. The van der Waals surface area contributed by atoms with E-state index in [9.17, 15) is 0 Å². The van der Waals surface area contributed by atoms with Crippen molar-refractivity contribution in [1.29, 1.82) is 0 Å². The minimum absolute atomic E-state index is 0.100. The van der Waals surface area contributed by atoms with Gasteiger partial charge in [0.2, 0.25) is 0 Å². The minimum Gasteiger partial charge on any atom is -0.342 e. The Hall–Kier alpha value is -1.13. The maximum absolute atomic E-state index is 5.47. The zero-order valence-electron chi connectivity index (χ0n) is 11.9. The van der Waals surface area contributed by atoms with Crippen molar-refractivity contribution in [2.75, 3.05) is 5.01 Å². The molecule has 1 aromatic carbocycles. The molecule has 1 aliphatic rings. The van der Waals surface area contributed by atoms with Crippen molar-refractivity contribution in [3.05, 3.63) is 30.3 Å². The molecule has 1 saturated heterocycles. The first kappa shape index (κ1) is 14.3. The third-order valence-electron chi connectivity index (χ3n) is 3.64. The number of hydrogen-bond acceptors (Lipinski definition) is 2. The molecular formula is C15H23N3S. The third-order valence-corrected chi connectivity index (χ3v) is 3.93. The fraction of sp³-hybridized carbons (Fsp3) is 0.533. The van der Waals surface area contributed by atoms with Gasteiger partial charge in [-0.15, -0.1) is 0 Å². The molecule has 104 valence electrons. The number of nitrogens with zero attached hydrogens (tertiary/aromatic N) is 1. The Bertz CT molecular complexity index is 432. The van der Waals surface area contributed by atoms with Crippen molar-refractivity contribution in [3.63, 3.8) is 0 Å². The molecule has 0 aliphatic carbocycles. The summed E-state index contributed by atoms with van der Waals surface area (Å²) in [6, 6.07) is 10.2. The summed E-state index contributed by atoms with van der Waals surface area (Å²) in [5, 5.41) is 6.21. The van der Waals surface area contributed by atoms with Gasteiger partial charge in [-0.3, -0.25) is 5.01 Å². The molecule has 0 aromatic heterocycles. The summed E-state index contributed by atoms with van der Waals surface area (Å²) in [6.07, 6.45) is 3.26. The Morgan fingerprint density at radius 3 is 2.53 bits per heavy atom. The van der Waals surface area contributed by atoms with E-state index in [4.69, 9.17) is 12.2 Å². The summed E-state index contributed by atoms with van der Waals surface area (Å²) in [5.74, 6) is 0.700. The fourth-order valence-corrected chi connectivity index (χ4v) is 2.66. The van der Waals surface area contributed by atoms with E-state index in [2.05, 4.69) is 43.6 Å². The highest BCUT2D eigenvalue weighted by atomic mass is 32.1. The van der Waals surface area contributed by atoms with E-state index in [1.807, 2.05) is 23.2 Å². The van der Waals surface area contributed by atoms with E-state index >= 15 is 0 Å². The molecule has 0 unspecified atom stereocenters. The lowest BCUT2D eigenvalue weighted by atomic mass is 9.97. The monoisotopic (exact) mass is 277 g/mol. The Morgan fingerprint density at radius 2 is 1.95 bits per heavy atom. The fourth-order valence-electron chi connectivity index (χ4n) is 2.31. The van der Waals surface area contributed by atoms with Gasteiger partial charge in [0.15, 0.2) is 5.11 Å². The molecule has 3 nitrogen and oxygen atoms in total. The first-order chi connectivity index (χ1) is 9.06. The standard InChI is InChI=1S/C15H23N3S/c1-4-15(11-10-12(2)3)16-14(19)18(17-15)13-8-6-5-7-9-13/h5-9,12,17H,4,10-11H2,1-3H3,(H,16,19)/t15-/m1/s1. The van der Waals surface area contributed by atoms with Gasteiger partial charge in [-0.2, -0.15) is 0 Å². The lowest BCUT2D eigenvalue weighted by Crippen LogP contribution is -2.51. The maximum atomic E-state index is 5.47. The van der Waals surface area contributed by atoms with Gasteiger partial charge >= 0.3 is 0 Å². The summed E-state index contributed by atoms with van der Waals surface area (Å²) < 4.78 is 0. The number of nitrogens with one attached hydrogen (secondary N) is 2. The lowest BCUT2D eigenvalue weighted by Gasteiger charge is -2.29. The Morgan fingerprint density at radius 1 is 1.26 bits per heavy atom. The average Bonchev–Trinajstić information content (AvgIpc) is 2.76. The first-order valence-corrected chi connectivity index (χ1v) is 7.42. The van der Waals surface area contributed by atoms with Crippen LogP contribution in [0.3, 0.4) is 0 Å². The Labute approximate surface area is 121 Å². The van der Waals surface area contributed by atoms with Crippen molar-refractivity contribution < 1.29 is 0 Å². The van der Waals surface area contributed by atoms with Crippen LogP contribution in [-0.4, -0.2) is 10.8 Å². The zero-order chi connectivity index (χ0) is 13.9. The van der Waals surface area contributed by atoms with Crippen LogP contribution < -0.4 is 15.8 Å². The van der Waals surface area contributed by atoms with Gasteiger partial charge < -0.3 is 5.32 Å². The molecule has 1 heterocycles. The van der Waals surface area contributed by atoms with Crippen LogP contribution in [0.25, 0.3) is 0 Å². The highest BCUT2D eigenvalue weighted by Gasteiger charge is 2.38. The smallest absolute Gasteiger partial charge is 0.189 e. The van der Waals surface area contributed by atoms with Crippen LogP contribution in [0.2, 0.25) is 0 Å². The van der Waals surface area contributed by atoms with Crippen LogP contribution in [0.1, 0.15) is 40.0 Å². The highest BCUT2D eigenvalue weighted by Crippen LogP contribution is 2.25. The van der Waals surface area contributed by atoms with Crippen molar-refractivity contribution in [2.45, 2.75) is 45.7 Å². The molecule has 0 bridgehead atoms. The van der Waals surface area contributed by atoms with Crippen molar-refractivity contribution in [2.24, 2.45) is 5.92 Å². The van der Waals surface area contributed by atoms with Gasteiger partial charge in [-0.05, 0) is 49.5 Å². The Kier molecular flexibility index (Phi) is 4.42. The summed E-state index contributed by atoms with van der Waals surface area (Å²) >= 11 is 5.47. The second-order valence-corrected chi connectivity index (χ2v) is 5.97. The molecule has 19 heavy (non-hydrogen) atoms. The second-order valence-electron chi connectivity index (χ2n) is 5.58. The zero-order valence-corrected chi connectivity index (χ0v) is 12.8. The molecule has 1 aliphatic heterocycles. The Balaban J connectivity index is 2.12. The van der Waals surface area contributed by atoms with Crippen LogP contribution in [0, 0.1) is 5.92 Å². The lowest BCUT2D eigenvalue weighted by molar-refractivity contribution is 0.280. The van der Waals surface area contributed by atoms with E-state index in [0.29, 0.717) is 5.92 Å². The predicted molar refractivity (Wildman–Crippen MR) is 84.9 cm³/mol. The van der Waals surface area contributed by atoms with E-state index in [0.717, 1.165) is 23.6 Å². The molecule has 0 radical (unpaired) electrons. The SMILES string of the molecule is CC[C@@]1(CCC(C)C)NC(=S)N(c2ccccc2)N1. The molecule has 1 aromatic rings. The number of anilines is 1. The summed E-state index contributed by atoms with van der Waals surface area (Å²) in [5.41, 5.74) is 4.54. The topological polar surface area (TPSA) is 27.3 Å². The number of rotatable bonds is 5. The van der Waals surface area contributed by atoms with Gasteiger partial charge in [0.1, 0.15) is 5.66 Å². The summed E-state index contributed by atoms with van der Waals surface area (Å²) in [7, 11) is 0. The summed E-state index contributed by atoms with van der Waals surface area (Å²) in [6.45, 7) is 6.70. The number of benzene rings is 1. The van der Waals surface area contributed by atoms with Crippen LogP contribution in [0.15, 0.2) is 30.3 Å². The van der Waals surface area contributed by atoms with E-state index in [1.54, 1.807) is 0 Å². The molecule has 1 atom stereocenters. The first-order valence-electron chi connectivity index (χ1n) is 7.01. The molecule has 4 heteroatoms. The van der Waals surface area contributed by atoms with Gasteiger partial charge in [0.25, 0.3) is 0 Å². The number of hydrazine groups is 1. The molecule has 1 fully saturated rings. The normalized spacial score (nSPS) is 22.9. The number of hydrogen-bond donors (Lipinski definition) is 2. The maximum Gasteiger partial charge on any atom is 0.189 e. The average molecular weight is 277 g/mol. The van der Waals surface area contributed by atoms with Crippen LogP contribution in [0.5, 0.6) is 0 Å². The second kappa shape index (κ2) is 5.88. The van der Waals surface area contributed by atoms with Gasteiger partial charge in [-0.1, -0.05) is 39.0 Å². The highest BCUT2D eigenvalue weighted by molar-refractivity contribution is 7.80.